The van der Waals surface area contributed by atoms with Gasteiger partial charge >= 0.3 is 0 Å². The Hall–Kier alpha value is -4.78. The molecule has 0 aromatic heterocycles. The van der Waals surface area contributed by atoms with Crippen molar-refractivity contribution < 1.29 is 26.5 Å². The quantitative estimate of drug-likeness (QED) is 0.151. The second-order valence-electron chi connectivity index (χ2n) is 12.2. The molecule has 0 saturated heterocycles. The van der Waals surface area contributed by atoms with Crippen LogP contribution in [0.5, 0.6) is 0 Å². The first-order chi connectivity index (χ1) is 24.2. The van der Waals surface area contributed by atoms with Crippen LogP contribution in [-0.4, -0.2) is 0 Å². The van der Waals surface area contributed by atoms with Crippen molar-refractivity contribution in [3.8, 4) is 0 Å². The number of halogens is 1. The summed E-state index contributed by atoms with van der Waals surface area (Å²) < 4.78 is 13.8. The van der Waals surface area contributed by atoms with Crippen LogP contribution in [0, 0.1) is 0 Å². The van der Waals surface area contributed by atoms with E-state index in [0.29, 0.717) is 6.42 Å². The maximum absolute atomic E-state index is 6.92. The first-order valence-corrected chi connectivity index (χ1v) is 20.4. The summed E-state index contributed by atoms with van der Waals surface area (Å²) in [7, 11) is -4.40. The molecule has 2 nitrogen and oxygen atoms in total. The highest BCUT2D eigenvalue weighted by Gasteiger charge is 2.47. The van der Waals surface area contributed by atoms with Gasteiger partial charge in [-0.25, -0.2) is 0 Å². The van der Waals surface area contributed by atoms with E-state index in [0.717, 1.165) is 34.2 Å². The maximum Gasteiger partial charge on any atom is 0.170 e. The highest BCUT2D eigenvalue weighted by molar-refractivity contribution is 7.95. The van der Waals surface area contributed by atoms with Gasteiger partial charge in [-0.15, -0.1) is 0 Å². The SMILES string of the molecule is C1=C(CC2=C[P+](c3ccccc3)(c3ccccc3)C=C(c3ccccc3)O2)OC(c2ccccc2)=C[P+]1(c1ccccc1)c1ccccc1.[Br-]. The normalized spacial score (nSPS) is 15.8. The zero-order valence-electron chi connectivity index (χ0n) is 27.4. The second-order valence-corrected chi connectivity index (χ2v) is 18.4. The second kappa shape index (κ2) is 15.0. The van der Waals surface area contributed by atoms with Crippen LogP contribution in [0.15, 0.2) is 217 Å². The lowest BCUT2D eigenvalue weighted by Crippen LogP contribution is -3.00. The van der Waals surface area contributed by atoms with E-state index in [2.05, 4.69) is 205 Å². The van der Waals surface area contributed by atoms with Crippen molar-refractivity contribution in [1.82, 2.24) is 0 Å². The van der Waals surface area contributed by atoms with E-state index >= 15 is 0 Å². The average Bonchev–Trinajstić information content (AvgIpc) is 3.19. The van der Waals surface area contributed by atoms with Gasteiger partial charge in [-0.3, -0.25) is 0 Å². The third-order valence-corrected chi connectivity index (χ3v) is 16.3. The van der Waals surface area contributed by atoms with Crippen LogP contribution in [0.1, 0.15) is 17.5 Å². The van der Waals surface area contributed by atoms with E-state index < -0.39 is 14.5 Å². The summed E-state index contributed by atoms with van der Waals surface area (Å²) in [6, 6.07) is 64.5. The van der Waals surface area contributed by atoms with Gasteiger partial charge in [0.2, 0.25) is 0 Å². The van der Waals surface area contributed by atoms with Gasteiger partial charge in [-0.05, 0) is 48.5 Å². The molecule has 2 aliphatic heterocycles. The topological polar surface area (TPSA) is 18.5 Å². The Labute approximate surface area is 306 Å². The molecule has 5 heteroatoms. The molecule has 0 amide bonds. The summed E-state index contributed by atoms with van der Waals surface area (Å²) in [6.07, 6.45) is 0.511. The Morgan fingerprint density at radius 2 is 0.580 bits per heavy atom. The molecule has 0 atom stereocenters. The molecule has 6 aromatic carbocycles. The van der Waals surface area contributed by atoms with Gasteiger partial charge < -0.3 is 26.5 Å². The lowest BCUT2D eigenvalue weighted by Gasteiger charge is -2.29. The highest BCUT2D eigenvalue weighted by Crippen LogP contribution is 2.66. The minimum atomic E-state index is -2.20. The number of rotatable bonds is 8. The highest BCUT2D eigenvalue weighted by atomic mass is 79.9. The fourth-order valence-electron chi connectivity index (χ4n) is 6.69. The molecule has 0 unspecified atom stereocenters. The molecular weight excluding hydrogens is 714 g/mol. The van der Waals surface area contributed by atoms with Crippen LogP contribution >= 0.6 is 14.5 Å². The van der Waals surface area contributed by atoms with Gasteiger partial charge in [-0.2, -0.15) is 0 Å². The standard InChI is InChI=1S/C45H36O2P2.BrH/c1-7-19-36(20-8-1)44-34-48(40-23-11-3-12-24-40,41-25-13-4-14-26-41)32-38(46-44)31-39-33-49(42-27-15-5-16-28-42,43-29-17-6-18-30-43)35-45(47-39)37-21-9-2-10-22-37;/h1-30,32-35H,31H2;1H/q+2;/p-1. The van der Waals surface area contributed by atoms with Crippen LogP contribution in [0.4, 0.5) is 0 Å². The molecule has 2 aliphatic rings. The minimum Gasteiger partial charge on any atom is -1.00 e. The van der Waals surface area contributed by atoms with Gasteiger partial charge in [0, 0.05) is 11.1 Å². The largest absolute Gasteiger partial charge is 1.00 e. The summed E-state index contributed by atoms with van der Waals surface area (Å²) in [5, 5.41) is 5.15. The van der Waals surface area contributed by atoms with Crippen molar-refractivity contribution in [2.24, 2.45) is 0 Å². The first-order valence-electron chi connectivity index (χ1n) is 16.6. The van der Waals surface area contributed by atoms with Gasteiger partial charge in [0.15, 0.2) is 11.5 Å². The molecule has 0 N–H and O–H groups in total. The smallest absolute Gasteiger partial charge is 0.170 e. The number of hydrogen-bond acceptors (Lipinski definition) is 2. The number of ether oxygens (including phenoxy) is 2. The first kappa shape index (κ1) is 33.7. The fourth-order valence-corrected chi connectivity index (χ4v) is 13.6. The molecule has 6 aromatic rings. The van der Waals surface area contributed by atoms with Gasteiger partial charge in [0.25, 0.3) is 0 Å². The van der Waals surface area contributed by atoms with Crippen molar-refractivity contribution >= 4 is 47.3 Å². The molecule has 0 spiro atoms. The summed E-state index contributed by atoms with van der Waals surface area (Å²) in [4.78, 5) is 0. The predicted molar refractivity (Wildman–Crippen MR) is 210 cm³/mol. The fraction of sp³-hybridized carbons (Fsp3) is 0.0222. The molecule has 0 fully saturated rings. The zero-order chi connectivity index (χ0) is 32.9. The third-order valence-electron chi connectivity index (χ3n) is 9.02. The Balaban J connectivity index is 0.00000392. The van der Waals surface area contributed by atoms with E-state index in [1.54, 1.807) is 0 Å². The van der Waals surface area contributed by atoms with Gasteiger partial charge in [0.05, 0.1) is 6.42 Å². The van der Waals surface area contributed by atoms with E-state index in [-0.39, 0.29) is 17.0 Å². The number of hydrogen-bond donors (Lipinski definition) is 0. The molecular formula is C45H36BrO2P2+. The predicted octanol–water partition coefficient (Wildman–Crippen LogP) is 7.46. The van der Waals surface area contributed by atoms with Crippen molar-refractivity contribution in [2.45, 2.75) is 6.42 Å². The average molecular weight is 751 g/mol. The molecule has 0 bridgehead atoms. The van der Waals surface area contributed by atoms with Gasteiger partial charge in [-0.1, -0.05) is 133 Å². The Morgan fingerprint density at radius 3 is 0.860 bits per heavy atom. The summed E-state index contributed by atoms with van der Waals surface area (Å²) >= 11 is 0. The zero-order valence-corrected chi connectivity index (χ0v) is 30.8. The van der Waals surface area contributed by atoms with E-state index in [1.165, 1.54) is 21.2 Å². The van der Waals surface area contributed by atoms with Crippen molar-refractivity contribution in [1.29, 1.82) is 0 Å². The maximum atomic E-state index is 6.92. The molecule has 244 valence electrons. The molecule has 2 heterocycles. The van der Waals surface area contributed by atoms with E-state index in [1.807, 2.05) is 0 Å². The summed E-state index contributed by atoms with van der Waals surface area (Å²) in [5.41, 5.74) is 2.12. The van der Waals surface area contributed by atoms with Gasteiger partial charge in [0.1, 0.15) is 70.5 Å². The molecule has 0 saturated carbocycles. The minimum absolute atomic E-state index is 0. The number of benzene rings is 6. The monoisotopic (exact) mass is 749 g/mol. The Bertz CT molecular complexity index is 1930. The molecule has 0 radical (unpaired) electrons. The molecule has 50 heavy (non-hydrogen) atoms. The lowest BCUT2D eigenvalue weighted by molar-refractivity contribution is -0.0000110. The Kier molecular flexibility index (Phi) is 10.1. The summed E-state index contributed by atoms with van der Waals surface area (Å²) in [5.74, 6) is 13.1. The van der Waals surface area contributed by atoms with Crippen LogP contribution in [-0.2, 0) is 9.47 Å². The molecule has 8 rings (SSSR count). The van der Waals surface area contributed by atoms with Crippen molar-refractivity contribution in [3.05, 3.63) is 228 Å². The third kappa shape index (κ3) is 6.70. The lowest BCUT2D eigenvalue weighted by atomic mass is 10.2. The van der Waals surface area contributed by atoms with Crippen LogP contribution in [0.3, 0.4) is 0 Å². The molecule has 0 aliphatic carbocycles. The van der Waals surface area contributed by atoms with Crippen molar-refractivity contribution in [3.63, 3.8) is 0 Å². The van der Waals surface area contributed by atoms with E-state index in [4.69, 9.17) is 9.47 Å². The van der Waals surface area contributed by atoms with Crippen LogP contribution in [0.25, 0.3) is 11.5 Å². The van der Waals surface area contributed by atoms with Crippen LogP contribution < -0.4 is 38.2 Å². The summed E-state index contributed by atoms with van der Waals surface area (Å²) in [6.45, 7) is 0. The van der Waals surface area contributed by atoms with Crippen LogP contribution in [0.2, 0.25) is 0 Å². The van der Waals surface area contributed by atoms with Crippen molar-refractivity contribution in [2.75, 3.05) is 0 Å². The Morgan fingerprint density at radius 1 is 0.320 bits per heavy atom. The van der Waals surface area contributed by atoms with E-state index in [9.17, 15) is 0 Å².